The molecule has 0 aliphatic carbocycles. The Morgan fingerprint density at radius 1 is 0.522 bits per heavy atom. The molecule has 0 amide bonds. The lowest BCUT2D eigenvalue weighted by Crippen LogP contribution is -2.31. The Kier molecular flexibility index (Phi) is 30.6. The van der Waals surface area contributed by atoms with E-state index in [4.69, 9.17) is 9.47 Å². The molecule has 0 aromatic rings. The van der Waals surface area contributed by atoms with E-state index in [1.165, 1.54) is 161 Å². The van der Waals surface area contributed by atoms with Gasteiger partial charge in [0.05, 0.1) is 12.7 Å². The van der Waals surface area contributed by atoms with Crippen LogP contribution in [-0.4, -0.2) is 44.0 Å². The highest BCUT2D eigenvalue weighted by molar-refractivity contribution is 4.92. The van der Waals surface area contributed by atoms with Gasteiger partial charge in [-0.15, -0.1) is 0 Å². The molecule has 1 fully saturated rings. The Morgan fingerprint density at radius 2 is 0.913 bits per heavy atom. The summed E-state index contributed by atoms with van der Waals surface area (Å²) in [5, 5.41) is 0. The average Bonchev–Trinajstić information content (AvgIpc) is 3.46. The Bertz CT molecular complexity index is 714. The van der Waals surface area contributed by atoms with Crippen molar-refractivity contribution in [3.8, 4) is 0 Å². The Labute approximate surface area is 289 Å². The third kappa shape index (κ3) is 27.1. The first kappa shape index (κ1) is 43.1. The molecule has 2 unspecified atom stereocenters. The van der Waals surface area contributed by atoms with E-state index in [1.807, 2.05) is 0 Å². The first-order valence-corrected chi connectivity index (χ1v) is 20.5. The van der Waals surface area contributed by atoms with Gasteiger partial charge in [0, 0.05) is 19.4 Å². The zero-order chi connectivity index (χ0) is 33.2. The maximum Gasteiger partial charge on any atom is 0.168 e. The molecule has 0 spiro atoms. The minimum atomic E-state index is -0.312. The fourth-order valence-corrected chi connectivity index (χ4v) is 6.57. The molecule has 0 N–H and O–H groups in total. The lowest BCUT2D eigenvalue weighted by molar-refractivity contribution is -0.180. The minimum absolute atomic E-state index is 0.265. The van der Waals surface area contributed by atoms with E-state index in [1.54, 1.807) is 0 Å². The van der Waals surface area contributed by atoms with Gasteiger partial charge < -0.3 is 14.4 Å². The number of nitrogens with zero attached hydrogens (tertiary/aromatic N) is 1. The highest BCUT2D eigenvalue weighted by Gasteiger charge is 2.40. The summed E-state index contributed by atoms with van der Waals surface area (Å²) < 4.78 is 13.2. The summed E-state index contributed by atoms with van der Waals surface area (Å²) in [7, 11) is 4.31. The minimum Gasteiger partial charge on any atom is -0.347 e. The van der Waals surface area contributed by atoms with Crippen LogP contribution in [0.3, 0.4) is 0 Å². The maximum absolute atomic E-state index is 6.68. The lowest BCUT2D eigenvalue weighted by Gasteiger charge is -2.29. The van der Waals surface area contributed by atoms with Crippen LogP contribution >= 0.6 is 0 Å². The molecule has 2 atom stereocenters. The first-order valence-electron chi connectivity index (χ1n) is 20.5. The topological polar surface area (TPSA) is 21.7 Å². The van der Waals surface area contributed by atoms with Crippen molar-refractivity contribution in [2.45, 2.75) is 212 Å². The van der Waals surface area contributed by atoms with Crippen LogP contribution < -0.4 is 0 Å². The fraction of sp³-hybridized carbons (Fsp3) is 0.860. The first-order chi connectivity index (χ1) is 22.6. The Morgan fingerprint density at radius 3 is 1.39 bits per heavy atom. The van der Waals surface area contributed by atoms with Crippen LogP contribution in [0.25, 0.3) is 0 Å². The molecule has 1 heterocycles. The van der Waals surface area contributed by atoms with Crippen LogP contribution in [0.15, 0.2) is 36.5 Å². The third-order valence-corrected chi connectivity index (χ3v) is 9.64. The summed E-state index contributed by atoms with van der Waals surface area (Å²) in [5.41, 5.74) is 0. The van der Waals surface area contributed by atoms with Crippen molar-refractivity contribution in [3.05, 3.63) is 36.5 Å². The van der Waals surface area contributed by atoms with E-state index in [0.717, 1.165) is 38.8 Å². The molecule has 1 aliphatic rings. The van der Waals surface area contributed by atoms with E-state index in [2.05, 4.69) is 69.3 Å². The van der Waals surface area contributed by atoms with Gasteiger partial charge in [-0.05, 0) is 91.1 Å². The lowest BCUT2D eigenvalue weighted by atomic mass is 9.98. The summed E-state index contributed by atoms with van der Waals surface area (Å²) in [6.07, 6.45) is 52.3. The molecule has 0 saturated carbocycles. The van der Waals surface area contributed by atoms with Crippen molar-refractivity contribution in [1.29, 1.82) is 0 Å². The molecule has 0 aromatic carbocycles. The van der Waals surface area contributed by atoms with Crippen molar-refractivity contribution in [3.63, 3.8) is 0 Å². The van der Waals surface area contributed by atoms with Crippen molar-refractivity contribution >= 4 is 0 Å². The van der Waals surface area contributed by atoms with Crippen molar-refractivity contribution < 1.29 is 9.47 Å². The second-order valence-electron chi connectivity index (χ2n) is 14.6. The van der Waals surface area contributed by atoms with Crippen molar-refractivity contribution in [1.82, 2.24) is 4.90 Å². The predicted molar refractivity (Wildman–Crippen MR) is 205 cm³/mol. The quantitative estimate of drug-likeness (QED) is 0.0514. The molecule has 1 saturated heterocycles. The Balaban J connectivity index is 2.14. The molecule has 0 radical (unpaired) electrons. The largest absolute Gasteiger partial charge is 0.347 e. The zero-order valence-corrected chi connectivity index (χ0v) is 31.7. The summed E-state index contributed by atoms with van der Waals surface area (Å²) in [4.78, 5) is 2.26. The summed E-state index contributed by atoms with van der Waals surface area (Å²) in [5.74, 6) is -0.312. The van der Waals surface area contributed by atoms with Gasteiger partial charge >= 0.3 is 0 Å². The van der Waals surface area contributed by atoms with E-state index in [0.29, 0.717) is 0 Å². The summed E-state index contributed by atoms with van der Waals surface area (Å²) in [6, 6.07) is 0. The van der Waals surface area contributed by atoms with Gasteiger partial charge in [0.1, 0.15) is 0 Å². The van der Waals surface area contributed by atoms with Crippen molar-refractivity contribution in [2.24, 2.45) is 0 Å². The standard InChI is InChI=1S/C43H81NO2/c1-5-7-9-11-13-15-17-19-21-23-25-27-29-31-33-35-38-43(45-41-42(46-43)37-40-44(3)4)39-36-34-32-30-28-26-24-22-20-18-16-14-12-10-8-6-2/h13,15,19-22,42H,5-12,14,16-18,23-41H2,1-4H3/b15-13-,21-19-,22-20-. The summed E-state index contributed by atoms with van der Waals surface area (Å²) >= 11 is 0. The highest BCUT2D eigenvalue weighted by atomic mass is 16.7. The Hall–Kier alpha value is -0.900. The van der Waals surface area contributed by atoms with Crippen LogP contribution in [0.5, 0.6) is 0 Å². The van der Waals surface area contributed by atoms with Crippen LogP contribution in [0.2, 0.25) is 0 Å². The molecule has 1 aliphatic heterocycles. The van der Waals surface area contributed by atoms with Crippen LogP contribution in [-0.2, 0) is 9.47 Å². The zero-order valence-electron chi connectivity index (χ0n) is 31.7. The SMILES string of the molecule is CCCCC/C=C\C/C=C\CCCCCCCCC1(CCCCCCCC/C=C\CCCCCCCC)OCC(CCN(C)C)O1. The number of unbranched alkanes of at least 4 members (excludes halogenated alkanes) is 21. The number of rotatable bonds is 34. The van der Waals surface area contributed by atoms with Gasteiger partial charge in [0.15, 0.2) is 5.79 Å². The monoisotopic (exact) mass is 644 g/mol. The van der Waals surface area contributed by atoms with Gasteiger partial charge in [-0.3, -0.25) is 0 Å². The fourth-order valence-electron chi connectivity index (χ4n) is 6.57. The number of ether oxygens (including phenoxy) is 2. The maximum atomic E-state index is 6.68. The van der Waals surface area contributed by atoms with Gasteiger partial charge in [0.2, 0.25) is 0 Å². The molecule has 46 heavy (non-hydrogen) atoms. The van der Waals surface area contributed by atoms with Crippen LogP contribution in [0.1, 0.15) is 200 Å². The molecule has 3 heteroatoms. The van der Waals surface area contributed by atoms with Crippen LogP contribution in [0.4, 0.5) is 0 Å². The predicted octanol–water partition coefficient (Wildman–Crippen LogP) is 13.7. The van der Waals surface area contributed by atoms with Gasteiger partial charge in [-0.2, -0.15) is 0 Å². The normalized spacial score (nSPS) is 18.8. The highest BCUT2D eigenvalue weighted by Crippen LogP contribution is 2.35. The number of hydrogen-bond donors (Lipinski definition) is 0. The number of hydrogen-bond acceptors (Lipinski definition) is 3. The van der Waals surface area contributed by atoms with E-state index < -0.39 is 0 Å². The molecule has 1 rings (SSSR count). The van der Waals surface area contributed by atoms with Crippen LogP contribution in [0, 0.1) is 0 Å². The number of allylic oxidation sites excluding steroid dienone is 6. The second-order valence-corrected chi connectivity index (χ2v) is 14.6. The molecule has 0 aromatic heterocycles. The molecular formula is C43H81NO2. The third-order valence-electron chi connectivity index (χ3n) is 9.64. The smallest absolute Gasteiger partial charge is 0.168 e. The molecule has 3 nitrogen and oxygen atoms in total. The van der Waals surface area contributed by atoms with Gasteiger partial charge in [0.25, 0.3) is 0 Å². The molecular weight excluding hydrogens is 562 g/mol. The van der Waals surface area contributed by atoms with E-state index in [-0.39, 0.29) is 11.9 Å². The molecule has 270 valence electrons. The second kappa shape index (κ2) is 32.6. The van der Waals surface area contributed by atoms with Gasteiger partial charge in [-0.25, -0.2) is 0 Å². The average molecular weight is 644 g/mol. The van der Waals surface area contributed by atoms with Gasteiger partial charge in [-0.1, -0.05) is 147 Å². The van der Waals surface area contributed by atoms with Crippen molar-refractivity contribution in [2.75, 3.05) is 27.2 Å². The van der Waals surface area contributed by atoms with E-state index in [9.17, 15) is 0 Å². The summed E-state index contributed by atoms with van der Waals surface area (Å²) in [6.45, 7) is 6.42. The molecule has 0 bridgehead atoms. The van der Waals surface area contributed by atoms with E-state index >= 15 is 0 Å².